The van der Waals surface area contributed by atoms with Gasteiger partial charge in [-0.05, 0) is 59.7 Å². The van der Waals surface area contributed by atoms with Crippen LogP contribution in [0.5, 0.6) is 5.75 Å². The zero-order valence-electron chi connectivity index (χ0n) is 29.9. The van der Waals surface area contributed by atoms with Crippen LogP contribution in [0.3, 0.4) is 0 Å². The Morgan fingerprint density at radius 2 is 1.40 bits per heavy atom. The number of rotatable bonds is 17. The molecule has 2 unspecified atom stereocenters. The summed E-state index contributed by atoms with van der Waals surface area (Å²) in [5.74, 6) is -0.447. The van der Waals surface area contributed by atoms with Gasteiger partial charge in [-0.2, -0.15) is 0 Å². The van der Waals surface area contributed by atoms with Crippen molar-refractivity contribution in [2.24, 2.45) is 0 Å². The number of unbranched alkanes of at least 4 members (excludes halogenated alkanes) is 4. The highest BCUT2D eigenvalue weighted by atomic mass is 16.5. The van der Waals surface area contributed by atoms with Crippen LogP contribution in [-0.4, -0.2) is 51.5 Å². The Hall–Kier alpha value is -5.05. The molecule has 9 nitrogen and oxygen atoms in total. The van der Waals surface area contributed by atoms with Crippen LogP contribution < -0.4 is 15.4 Å². The number of hydrogen-bond donors (Lipinski definition) is 3. The lowest BCUT2D eigenvalue weighted by atomic mass is 9.86. The Labute approximate surface area is 295 Å². The van der Waals surface area contributed by atoms with E-state index in [-0.39, 0.29) is 24.2 Å². The van der Waals surface area contributed by atoms with Crippen LogP contribution in [0.25, 0.3) is 22.5 Å². The lowest BCUT2D eigenvalue weighted by Crippen LogP contribution is -2.50. The molecule has 9 heteroatoms. The van der Waals surface area contributed by atoms with E-state index < -0.39 is 24.0 Å². The lowest BCUT2D eigenvalue weighted by molar-refractivity contribution is -0.137. The van der Waals surface area contributed by atoms with Crippen LogP contribution in [0.15, 0.2) is 85.2 Å². The molecule has 4 rings (SSSR count). The third kappa shape index (κ3) is 11.5. The van der Waals surface area contributed by atoms with Gasteiger partial charge in [-0.15, -0.1) is 0 Å². The zero-order chi connectivity index (χ0) is 36.1. The molecule has 0 aliphatic carbocycles. The van der Waals surface area contributed by atoms with E-state index in [1.807, 2.05) is 60.7 Å². The Kier molecular flexibility index (Phi) is 13.7. The number of carboxylic acid groups (broad SMARTS) is 1. The standard InChI is InChI=1S/C41H50N4O5/c1-6-7-8-9-10-23-50-35-21-17-30(18-22-35)33-26-42-38(43-27-33)31-13-11-29(12-14-31)25-36(40(49)44-28(2)24-37(46)47)45-39(48)32-15-19-34(20-16-32)41(3,4)5/h11-22,26-28,36H,6-10,23-25H2,1-5H3,(H,44,49)(H,45,48)(H,46,47). The molecule has 2 atom stereocenters. The zero-order valence-corrected chi connectivity index (χ0v) is 29.9. The Morgan fingerprint density at radius 1 is 0.780 bits per heavy atom. The molecule has 0 aliphatic heterocycles. The third-order valence-electron chi connectivity index (χ3n) is 8.51. The molecule has 1 aromatic heterocycles. The summed E-state index contributed by atoms with van der Waals surface area (Å²) in [6, 6.07) is 21.3. The minimum atomic E-state index is -1.02. The van der Waals surface area contributed by atoms with Crippen molar-refractivity contribution in [1.82, 2.24) is 20.6 Å². The van der Waals surface area contributed by atoms with Crippen LogP contribution >= 0.6 is 0 Å². The van der Waals surface area contributed by atoms with Crippen molar-refractivity contribution in [3.8, 4) is 28.3 Å². The van der Waals surface area contributed by atoms with Gasteiger partial charge in [0.1, 0.15) is 11.8 Å². The maximum absolute atomic E-state index is 13.3. The average molecular weight is 679 g/mol. The molecule has 0 radical (unpaired) electrons. The number of hydrogen-bond acceptors (Lipinski definition) is 6. The predicted octanol–water partition coefficient (Wildman–Crippen LogP) is 7.78. The van der Waals surface area contributed by atoms with Crippen LogP contribution in [-0.2, 0) is 21.4 Å². The van der Waals surface area contributed by atoms with E-state index in [2.05, 4.69) is 48.3 Å². The molecule has 0 aliphatic rings. The number of nitrogens with zero attached hydrogens (tertiary/aromatic N) is 2. The quantitative estimate of drug-likeness (QED) is 0.0973. The van der Waals surface area contributed by atoms with E-state index in [0.717, 1.165) is 46.6 Å². The largest absolute Gasteiger partial charge is 0.494 e. The third-order valence-corrected chi connectivity index (χ3v) is 8.51. The molecular weight excluding hydrogens is 628 g/mol. The maximum atomic E-state index is 13.3. The molecule has 0 saturated carbocycles. The summed E-state index contributed by atoms with van der Waals surface area (Å²) in [4.78, 5) is 46.9. The first-order valence-electron chi connectivity index (χ1n) is 17.5. The number of carbonyl (C=O) groups excluding carboxylic acids is 2. The number of aromatic nitrogens is 2. The highest BCUT2D eigenvalue weighted by Gasteiger charge is 2.24. The number of amides is 2. The predicted molar refractivity (Wildman–Crippen MR) is 197 cm³/mol. The summed E-state index contributed by atoms with van der Waals surface area (Å²) in [5, 5.41) is 14.8. The monoisotopic (exact) mass is 678 g/mol. The Morgan fingerprint density at radius 3 is 2.00 bits per heavy atom. The number of aliphatic carboxylic acids is 1. The molecule has 50 heavy (non-hydrogen) atoms. The molecule has 2 amide bonds. The molecule has 0 fully saturated rings. The van der Waals surface area contributed by atoms with Gasteiger partial charge < -0.3 is 20.5 Å². The van der Waals surface area contributed by atoms with Crippen LogP contribution in [0.1, 0.15) is 94.6 Å². The summed E-state index contributed by atoms with van der Waals surface area (Å²) in [6.07, 6.45) is 9.57. The highest BCUT2D eigenvalue weighted by molar-refractivity contribution is 5.97. The van der Waals surface area contributed by atoms with Gasteiger partial charge in [-0.1, -0.05) is 102 Å². The Bertz CT molecular complexity index is 1680. The van der Waals surface area contributed by atoms with E-state index in [1.54, 1.807) is 31.5 Å². The lowest BCUT2D eigenvalue weighted by Gasteiger charge is -2.22. The fraction of sp³-hybridized carbons (Fsp3) is 0.390. The SMILES string of the molecule is CCCCCCCOc1ccc(-c2cnc(-c3ccc(CC(NC(=O)c4ccc(C(C)(C)C)cc4)C(=O)NC(C)CC(=O)O)cc3)nc2)cc1. The number of benzene rings is 3. The molecular formula is C41H50N4O5. The summed E-state index contributed by atoms with van der Waals surface area (Å²) in [6.45, 7) is 10.8. The second-order valence-electron chi connectivity index (χ2n) is 13.8. The molecule has 0 bridgehead atoms. The molecule has 4 aromatic rings. The number of carboxylic acids is 1. The summed E-state index contributed by atoms with van der Waals surface area (Å²) in [7, 11) is 0. The van der Waals surface area contributed by atoms with Crippen molar-refractivity contribution in [1.29, 1.82) is 0 Å². The minimum absolute atomic E-state index is 0.0638. The topological polar surface area (TPSA) is 131 Å². The van der Waals surface area contributed by atoms with Crippen molar-refractivity contribution in [3.05, 3.63) is 102 Å². The first kappa shape index (κ1) is 37.8. The molecule has 0 spiro atoms. The van der Waals surface area contributed by atoms with Crippen molar-refractivity contribution < 1.29 is 24.2 Å². The summed E-state index contributed by atoms with van der Waals surface area (Å²) in [5.41, 5.74) is 4.97. The normalized spacial score (nSPS) is 12.5. The van der Waals surface area contributed by atoms with Gasteiger partial charge in [-0.3, -0.25) is 14.4 Å². The molecule has 1 heterocycles. The second-order valence-corrected chi connectivity index (χ2v) is 13.8. The van der Waals surface area contributed by atoms with Crippen molar-refractivity contribution in [3.63, 3.8) is 0 Å². The minimum Gasteiger partial charge on any atom is -0.494 e. The number of carbonyl (C=O) groups is 3. The van der Waals surface area contributed by atoms with E-state index in [9.17, 15) is 14.4 Å². The molecule has 264 valence electrons. The Balaban J connectivity index is 1.40. The highest BCUT2D eigenvalue weighted by Crippen LogP contribution is 2.25. The van der Waals surface area contributed by atoms with Crippen LogP contribution in [0, 0.1) is 0 Å². The molecule has 0 saturated heterocycles. The average Bonchev–Trinajstić information content (AvgIpc) is 3.09. The van der Waals surface area contributed by atoms with E-state index >= 15 is 0 Å². The summed E-state index contributed by atoms with van der Waals surface area (Å²) >= 11 is 0. The van der Waals surface area contributed by atoms with Crippen molar-refractivity contribution in [2.75, 3.05) is 6.61 Å². The van der Waals surface area contributed by atoms with Crippen LogP contribution in [0.4, 0.5) is 0 Å². The van der Waals surface area contributed by atoms with E-state index in [4.69, 9.17) is 9.84 Å². The van der Waals surface area contributed by atoms with Crippen molar-refractivity contribution >= 4 is 17.8 Å². The first-order valence-corrected chi connectivity index (χ1v) is 17.5. The van der Waals surface area contributed by atoms with Gasteiger partial charge in [-0.25, -0.2) is 9.97 Å². The second kappa shape index (κ2) is 18.1. The maximum Gasteiger partial charge on any atom is 0.305 e. The molecule has 3 aromatic carbocycles. The van der Waals surface area contributed by atoms with Gasteiger partial charge in [0, 0.05) is 41.5 Å². The van der Waals surface area contributed by atoms with Gasteiger partial charge in [0.25, 0.3) is 5.91 Å². The fourth-order valence-electron chi connectivity index (χ4n) is 5.52. The smallest absolute Gasteiger partial charge is 0.305 e. The number of nitrogens with one attached hydrogen (secondary N) is 2. The van der Waals surface area contributed by atoms with Crippen molar-refractivity contribution in [2.45, 2.75) is 97.1 Å². The van der Waals surface area contributed by atoms with E-state index in [0.29, 0.717) is 11.4 Å². The van der Waals surface area contributed by atoms with Gasteiger partial charge >= 0.3 is 5.97 Å². The fourth-order valence-corrected chi connectivity index (χ4v) is 5.52. The van der Waals surface area contributed by atoms with E-state index in [1.165, 1.54) is 25.7 Å². The first-order chi connectivity index (χ1) is 23.9. The van der Waals surface area contributed by atoms with Gasteiger partial charge in [0.05, 0.1) is 13.0 Å². The van der Waals surface area contributed by atoms with Gasteiger partial charge in [0.2, 0.25) is 5.91 Å². The summed E-state index contributed by atoms with van der Waals surface area (Å²) < 4.78 is 5.89. The van der Waals surface area contributed by atoms with Gasteiger partial charge in [0.15, 0.2) is 5.82 Å². The number of ether oxygens (including phenoxy) is 1. The van der Waals surface area contributed by atoms with Crippen LogP contribution in [0.2, 0.25) is 0 Å². The molecule has 3 N–H and O–H groups in total.